The first-order chi connectivity index (χ1) is 11.7. The number of piperazine rings is 1. The van der Waals surface area contributed by atoms with Crippen LogP contribution in [0.2, 0.25) is 0 Å². The van der Waals surface area contributed by atoms with Gasteiger partial charge >= 0.3 is 0 Å². The van der Waals surface area contributed by atoms with Crippen molar-refractivity contribution in [3.8, 4) is 11.1 Å². The molecule has 124 valence electrons. The van der Waals surface area contributed by atoms with Gasteiger partial charge in [-0.25, -0.2) is 4.98 Å². The molecule has 24 heavy (non-hydrogen) atoms. The Hall–Kier alpha value is -2.18. The summed E-state index contributed by atoms with van der Waals surface area (Å²) in [4.78, 5) is 24.5. The number of hydrogen-bond acceptors (Lipinski definition) is 4. The Balaban J connectivity index is 1.58. The maximum Gasteiger partial charge on any atom is 0.227 e. The third-order valence-electron chi connectivity index (χ3n) is 4.67. The average Bonchev–Trinajstić information content (AvgIpc) is 3.25. The van der Waals surface area contributed by atoms with Crippen LogP contribution in [0.4, 0.5) is 0 Å². The van der Waals surface area contributed by atoms with E-state index in [2.05, 4.69) is 44.8 Å². The number of nitrogens with one attached hydrogen (secondary N) is 1. The number of aromatic nitrogens is 2. The van der Waals surface area contributed by atoms with Crippen molar-refractivity contribution in [2.45, 2.75) is 6.42 Å². The summed E-state index contributed by atoms with van der Waals surface area (Å²) in [5, 5.41) is 5.22. The van der Waals surface area contributed by atoms with E-state index in [4.69, 9.17) is 0 Å². The van der Waals surface area contributed by atoms with Crippen molar-refractivity contribution in [3.63, 3.8) is 0 Å². The van der Waals surface area contributed by atoms with Gasteiger partial charge in [0.25, 0.3) is 0 Å². The Morgan fingerprint density at radius 3 is 2.88 bits per heavy atom. The quantitative estimate of drug-likeness (QED) is 0.797. The minimum atomic E-state index is 0.199. The standard InChI is InChI=1S/C18H20N4OS/c1-21-3-5-22(6-4-21)17(23)9-15-11-20-18-16(15)8-14(10-19-18)13-2-7-24-12-13/h2,7-8,10-12H,3-6,9H2,1H3,(H,19,20). The fourth-order valence-electron chi connectivity index (χ4n) is 3.12. The summed E-state index contributed by atoms with van der Waals surface area (Å²) in [6.07, 6.45) is 4.23. The number of pyridine rings is 1. The van der Waals surface area contributed by atoms with Crippen LogP contribution in [0.5, 0.6) is 0 Å². The van der Waals surface area contributed by atoms with Crippen LogP contribution in [0.15, 0.2) is 35.3 Å². The number of aromatic amines is 1. The minimum Gasteiger partial charge on any atom is -0.346 e. The molecule has 0 spiro atoms. The SMILES string of the molecule is CN1CCN(C(=O)Cc2c[nH]c3ncc(-c4ccsc4)cc23)CC1. The smallest absolute Gasteiger partial charge is 0.227 e. The number of nitrogens with zero attached hydrogens (tertiary/aromatic N) is 3. The molecule has 0 aromatic carbocycles. The highest BCUT2D eigenvalue weighted by atomic mass is 32.1. The summed E-state index contributed by atoms with van der Waals surface area (Å²) < 4.78 is 0. The Bertz CT molecular complexity index is 847. The van der Waals surface area contributed by atoms with E-state index in [9.17, 15) is 4.79 Å². The van der Waals surface area contributed by atoms with Gasteiger partial charge in [0.2, 0.25) is 5.91 Å². The van der Waals surface area contributed by atoms with Gasteiger partial charge in [-0.2, -0.15) is 11.3 Å². The molecule has 4 heterocycles. The molecule has 0 unspecified atom stereocenters. The second kappa shape index (κ2) is 6.37. The van der Waals surface area contributed by atoms with Gasteiger partial charge in [-0.15, -0.1) is 0 Å². The number of carbonyl (C=O) groups excluding carboxylic acids is 1. The van der Waals surface area contributed by atoms with Crippen LogP contribution in [0.3, 0.4) is 0 Å². The van der Waals surface area contributed by atoms with E-state index in [1.54, 1.807) is 11.3 Å². The lowest BCUT2D eigenvalue weighted by molar-refractivity contribution is -0.132. The Kier molecular flexibility index (Phi) is 4.08. The molecule has 1 saturated heterocycles. The van der Waals surface area contributed by atoms with E-state index < -0.39 is 0 Å². The minimum absolute atomic E-state index is 0.199. The number of rotatable bonds is 3. The van der Waals surface area contributed by atoms with Gasteiger partial charge in [-0.05, 0) is 41.1 Å². The van der Waals surface area contributed by atoms with Crippen molar-refractivity contribution >= 4 is 28.3 Å². The van der Waals surface area contributed by atoms with Gasteiger partial charge < -0.3 is 14.8 Å². The third kappa shape index (κ3) is 2.95. The van der Waals surface area contributed by atoms with Crippen LogP contribution in [-0.4, -0.2) is 58.9 Å². The van der Waals surface area contributed by atoms with E-state index >= 15 is 0 Å². The van der Waals surface area contributed by atoms with Crippen molar-refractivity contribution in [1.29, 1.82) is 0 Å². The van der Waals surface area contributed by atoms with Crippen LogP contribution in [-0.2, 0) is 11.2 Å². The number of hydrogen-bond donors (Lipinski definition) is 1. The normalized spacial score (nSPS) is 16.0. The Labute approximate surface area is 144 Å². The van der Waals surface area contributed by atoms with Crippen molar-refractivity contribution < 1.29 is 4.79 Å². The molecule has 1 N–H and O–H groups in total. The molecule has 4 rings (SSSR count). The van der Waals surface area contributed by atoms with E-state index in [-0.39, 0.29) is 5.91 Å². The number of H-pyrrole nitrogens is 1. The molecule has 3 aromatic rings. The molecule has 0 bridgehead atoms. The summed E-state index contributed by atoms with van der Waals surface area (Å²) in [5.41, 5.74) is 4.14. The lowest BCUT2D eigenvalue weighted by Crippen LogP contribution is -2.47. The highest BCUT2D eigenvalue weighted by molar-refractivity contribution is 7.08. The first kappa shape index (κ1) is 15.4. The third-order valence-corrected chi connectivity index (χ3v) is 5.35. The zero-order chi connectivity index (χ0) is 16.5. The van der Waals surface area contributed by atoms with Crippen LogP contribution < -0.4 is 0 Å². The lowest BCUT2D eigenvalue weighted by atomic mass is 10.1. The highest BCUT2D eigenvalue weighted by Gasteiger charge is 2.20. The lowest BCUT2D eigenvalue weighted by Gasteiger charge is -2.32. The molecule has 5 nitrogen and oxygen atoms in total. The van der Waals surface area contributed by atoms with Gasteiger partial charge in [0.05, 0.1) is 6.42 Å². The maximum absolute atomic E-state index is 12.6. The van der Waals surface area contributed by atoms with Gasteiger partial charge in [-0.1, -0.05) is 0 Å². The Morgan fingerprint density at radius 2 is 2.12 bits per heavy atom. The zero-order valence-electron chi connectivity index (χ0n) is 13.7. The van der Waals surface area contributed by atoms with Gasteiger partial charge in [0.1, 0.15) is 5.65 Å². The highest BCUT2D eigenvalue weighted by Crippen LogP contribution is 2.26. The molecule has 3 aromatic heterocycles. The van der Waals surface area contributed by atoms with E-state index in [0.717, 1.165) is 48.3 Å². The van der Waals surface area contributed by atoms with Crippen molar-refractivity contribution in [1.82, 2.24) is 19.8 Å². The monoisotopic (exact) mass is 340 g/mol. The van der Waals surface area contributed by atoms with E-state index in [1.807, 2.05) is 17.3 Å². The zero-order valence-corrected chi connectivity index (χ0v) is 14.5. The predicted molar refractivity (Wildman–Crippen MR) is 97.2 cm³/mol. The second-order valence-corrected chi connectivity index (χ2v) is 7.09. The maximum atomic E-state index is 12.6. The molecule has 1 fully saturated rings. The summed E-state index contributed by atoms with van der Waals surface area (Å²) in [6.45, 7) is 3.53. The van der Waals surface area contributed by atoms with E-state index in [1.165, 1.54) is 5.56 Å². The van der Waals surface area contributed by atoms with Crippen LogP contribution in [0, 0.1) is 0 Å². The second-order valence-electron chi connectivity index (χ2n) is 6.31. The fraction of sp³-hybridized carbons (Fsp3) is 0.333. The largest absolute Gasteiger partial charge is 0.346 e. The topological polar surface area (TPSA) is 52.2 Å². The number of fused-ring (bicyclic) bond motifs is 1. The van der Waals surface area contributed by atoms with Crippen molar-refractivity contribution in [2.24, 2.45) is 0 Å². The fourth-order valence-corrected chi connectivity index (χ4v) is 3.79. The molecule has 0 radical (unpaired) electrons. The van der Waals surface area contributed by atoms with Crippen LogP contribution in [0.1, 0.15) is 5.56 Å². The molecule has 0 aliphatic carbocycles. The molecule has 0 saturated carbocycles. The van der Waals surface area contributed by atoms with Crippen molar-refractivity contribution in [3.05, 3.63) is 40.8 Å². The van der Waals surface area contributed by atoms with Gasteiger partial charge in [0.15, 0.2) is 0 Å². The molecular formula is C18H20N4OS. The number of thiophene rings is 1. The summed E-state index contributed by atoms with van der Waals surface area (Å²) in [6, 6.07) is 4.22. The Morgan fingerprint density at radius 1 is 1.29 bits per heavy atom. The average molecular weight is 340 g/mol. The molecule has 1 amide bonds. The molecule has 6 heteroatoms. The first-order valence-electron chi connectivity index (χ1n) is 8.15. The van der Waals surface area contributed by atoms with Crippen LogP contribution in [0.25, 0.3) is 22.2 Å². The molecule has 1 aliphatic rings. The number of likely N-dealkylation sites (N-methyl/N-ethyl adjacent to an activating group) is 1. The summed E-state index contributed by atoms with van der Waals surface area (Å²) in [5.74, 6) is 0.199. The molecule has 0 atom stereocenters. The van der Waals surface area contributed by atoms with Gasteiger partial charge in [0, 0.05) is 49.5 Å². The number of carbonyl (C=O) groups is 1. The van der Waals surface area contributed by atoms with E-state index in [0.29, 0.717) is 6.42 Å². The summed E-state index contributed by atoms with van der Waals surface area (Å²) in [7, 11) is 2.10. The van der Waals surface area contributed by atoms with Gasteiger partial charge in [-0.3, -0.25) is 4.79 Å². The van der Waals surface area contributed by atoms with Crippen molar-refractivity contribution in [2.75, 3.05) is 33.2 Å². The predicted octanol–water partition coefficient (Wildman–Crippen LogP) is 2.61. The summed E-state index contributed by atoms with van der Waals surface area (Å²) >= 11 is 1.68. The van der Waals surface area contributed by atoms with Crippen LogP contribution >= 0.6 is 11.3 Å². The molecule has 1 aliphatic heterocycles. The number of amides is 1. The molecular weight excluding hydrogens is 320 g/mol. The first-order valence-corrected chi connectivity index (χ1v) is 9.10.